The number of anilines is 2. The van der Waals surface area contributed by atoms with Crippen LogP contribution in [0.1, 0.15) is 0 Å². The van der Waals surface area contributed by atoms with E-state index in [2.05, 4.69) is 27.4 Å². The molecule has 0 amide bonds. The number of hydrogen-bond donors (Lipinski definition) is 2. The Morgan fingerprint density at radius 1 is 0.917 bits per heavy atom. The Labute approximate surface area is 139 Å². The molecule has 0 aliphatic heterocycles. The maximum Gasteiger partial charge on any atom is 0.141 e. The lowest BCUT2D eigenvalue weighted by atomic mass is 10.0. The van der Waals surface area contributed by atoms with Crippen molar-refractivity contribution in [3.05, 3.63) is 79.1 Å². The lowest BCUT2D eigenvalue weighted by molar-refractivity contribution is 0.475. The van der Waals surface area contributed by atoms with Gasteiger partial charge < -0.3 is 10.4 Å². The van der Waals surface area contributed by atoms with E-state index in [-0.39, 0.29) is 5.75 Å². The molecule has 0 saturated heterocycles. The van der Waals surface area contributed by atoms with E-state index < -0.39 is 0 Å². The average molecular weight is 312 g/mol. The number of aromatic hydroxyl groups is 1. The van der Waals surface area contributed by atoms with E-state index in [9.17, 15) is 5.11 Å². The summed E-state index contributed by atoms with van der Waals surface area (Å²) in [5, 5.41) is 13.8. The van der Waals surface area contributed by atoms with Crippen molar-refractivity contribution < 1.29 is 5.11 Å². The van der Waals surface area contributed by atoms with Crippen molar-refractivity contribution in [2.45, 2.75) is 0 Å². The minimum atomic E-state index is 0.207. The first-order chi connectivity index (χ1) is 11.8. The van der Waals surface area contributed by atoms with Gasteiger partial charge in [-0.05, 0) is 47.5 Å². The molecule has 3 aromatic carbocycles. The van der Waals surface area contributed by atoms with Crippen molar-refractivity contribution in [2.24, 2.45) is 0 Å². The van der Waals surface area contributed by atoms with Gasteiger partial charge in [0.2, 0.25) is 0 Å². The number of nitrogens with one attached hydrogen (secondary N) is 1. The van der Waals surface area contributed by atoms with Crippen molar-refractivity contribution in [1.29, 1.82) is 0 Å². The molecule has 4 aromatic rings. The number of rotatable bonds is 3. The molecular formula is C20H14N3O. The fourth-order valence-corrected chi connectivity index (χ4v) is 2.63. The lowest BCUT2D eigenvalue weighted by Crippen LogP contribution is -1.96. The molecule has 4 heteroatoms. The van der Waals surface area contributed by atoms with Gasteiger partial charge in [0.1, 0.15) is 17.9 Å². The Hall–Kier alpha value is -3.40. The molecule has 0 bridgehead atoms. The third-order valence-electron chi connectivity index (χ3n) is 3.78. The van der Waals surface area contributed by atoms with Crippen molar-refractivity contribution >= 4 is 22.4 Å². The molecule has 0 fully saturated rings. The second kappa shape index (κ2) is 6.01. The van der Waals surface area contributed by atoms with Crippen LogP contribution in [0, 0.1) is 6.07 Å². The molecule has 2 N–H and O–H groups in total. The minimum Gasteiger partial charge on any atom is -0.508 e. The molecule has 1 heterocycles. The minimum absolute atomic E-state index is 0.207. The van der Waals surface area contributed by atoms with E-state index in [1.807, 2.05) is 42.5 Å². The van der Waals surface area contributed by atoms with Crippen LogP contribution in [0.2, 0.25) is 0 Å². The Kier molecular flexibility index (Phi) is 3.56. The zero-order valence-electron chi connectivity index (χ0n) is 12.8. The van der Waals surface area contributed by atoms with E-state index in [1.54, 1.807) is 18.2 Å². The summed E-state index contributed by atoms with van der Waals surface area (Å²) in [4.78, 5) is 8.68. The SMILES string of the molecule is Oc1cccc(Nc2ncnc3ccc(-c4c[c]ccc4)cc23)c1. The second-order valence-corrected chi connectivity index (χ2v) is 5.42. The fourth-order valence-electron chi connectivity index (χ4n) is 2.63. The van der Waals surface area contributed by atoms with Gasteiger partial charge >= 0.3 is 0 Å². The van der Waals surface area contributed by atoms with Crippen LogP contribution in [0.25, 0.3) is 22.0 Å². The Morgan fingerprint density at radius 3 is 2.71 bits per heavy atom. The van der Waals surface area contributed by atoms with E-state index in [4.69, 9.17) is 0 Å². The van der Waals surface area contributed by atoms with Gasteiger partial charge in [0.05, 0.1) is 5.52 Å². The Morgan fingerprint density at radius 2 is 1.88 bits per heavy atom. The maximum atomic E-state index is 9.62. The largest absolute Gasteiger partial charge is 0.508 e. The van der Waals surface area contributed by atoms with Crippen LogP contribution in [0.4, 0.5) is 11.5 Å². The molecule has 1 aromatic heterocycles. The topological polar surface area (TPSA) is 58.0 Å². The summed E-state index contributed by atoms with van der Waals surface area (Å²) in [5.74, 6) is 0.909. The molecule has 0 saturated carbocycles. The van der Waals surface area contributed by atoms with E-state index >= 15 is 0 Å². The molecule has 24 heavy (non-hydrogen) atoms. The maximum absolute atomic E-state index is 9.62. The Balaban J connectivity index is 1.80. The summed E-state index contributed by atoms with van der Waals surface area (Å²) in [7, 11) is 0. The molecule has 0 aliphatic rings. The quantitative estimate of drug-likeness (QED) is 0.583. The number of nitrogens with zero attached hydrogens (tertiary/aromatic N) is 2. The van der Waals surface area contributed by atoms with Gasteiger partial charge in [-0.1, -0.05) is 30.3 Å². The van der Waals surface area contributed by atoms with E-state index in [1.165, 1.54) is 6.33 Å². The number of benzene rings is 3. The van der Waals surface area contributed by atoms with Crippen LogP contribution in [-0.2, 0) is 0 Å². The molecular weight excluding hydrogens is 298 g/mol. The van der Waals surface area contributed by atoms with Gasteiger partial charge in [-0.3, -0.25) is 0 Å². The van der Waals surface area contributed by atoms with Crippen molar-refractivity contribution in [2.75, 3.05) is 5.32 Å². The number of fused-ring (bicyclic) bond motifs is 1. The Bertz CT molecular complexity index is 1000. The van der Waals surface area contributed by atoms with Crippen molar-refractivity contribution in [1.82, 2.24) is 9.97 Å². The van der Waals surface area contributed by atoms with Crippen LogP contribution in [0.5, 0.6) is 5.75 Å². The monoisotopic (exact) mass is 312 g/mol. The normalized spacial score (nSPS) is 10.7. The number of aromatic nitrogens is 2. The summed E-state index contributed by atoms with van der Waals surface area (Å²) in [6.45, 7) is 0. The zero-order valence-corrected chi connectivity index (χ0v) is 12.8. The molecule has 0 spiro atoms. The third-order valence-corrected chi connectivity index (χ3v) is 3.78. The van der Waals surface area contributed by atoms with Gasteiger partial charge in [-0.2, -0.15) is 0 Å². The summed E-state index contributed by atoms with van der Waals surface area (Å²) in [6, 6.07) is 24.0. The van der Waals surface area contributed by atoms with Gasteiger partial charge in [0.15, 0.2) is 0 Å². The van der Waals surface area contributed by atoms with Crippen LogP contribution in [-0.4, -0.2) is 15.1 Å². The first-order valence-electron chi connectivity index (χ1n) is 7.57. The van der Waals surface area contributed by atoms with Gasteiger partial charge in [0, 0.05) is 17.1 Å². The molecule has 1 radical (unpaired) electrons. The lowest BCUT2D eigenvalue weighted by Gasteiger charge is -2.10. The van der Waals surface area contributed by atoms with Gasteiger partial charge in [-0.25, -0.2) is 9.97 Å². The highest BCUT2D eigenvalue weighted by atomic mass is 16.3. The third kappa shape index (κ3) is 2.77. The van der Waals surface area contributed by atoms with Crippen molar-refractivity contribution in [3.63, 3.8) is 0 Å². The predicted molar refractivity (Wildman–Crippen MR) is 95.2 cm³/mol. The number of hydrogen-bond acceptors (Lipinski definition) is 4. The highest BCUT2D eigenvalue weighted by Gasteiger charge is 2.07. The van der Waals surface area contributed by atoms with E-state index in [0.29, 0.717) is 5.82 Å². The molecule has 115 valence electrons. The summed E-state index contributed by atoms with van der Waals surface area (Å²) >= 11 is 0. The van der Waals surface area contributed by atoms with Crippen LogP contribution in [0.15, 0.2) is 73.1 Å². The highest BCUT2D eigenvalue weighted by Crippen LogP contribution is 2.29. The predicted octanol–water partition coefficient (Wildman–Crippen LogP) is 4.55. The summed E-state index contributed by atoms with van der Waals surface area (Å²) < 4.78 is 0. The molecule has 4 nitrogen and oxygen atoms in total. The summed E-state index contributed by atoms with van der Waals surface area (Å²) in [5.41, 5.74) is 3.80. The van der Waals surface area contributed by atoms with E-state index in [0.717, 1.165) is 27.7 Å². The zero-order chi connectivity index (χ0) is 16.4. The molecule has 0 unspecified atom stereocenters. The molecule has 0 aliphatic carbocycles. The summed E-state index contributed by atoms with van der Waals surface area (Å²) in [6.07, 6.45) is 1.53. The number of phenols is 1. The first-order valence-corrected chi connectivity index (χ1v) is 7.57. The standard InChI is InChI=1S/C20H14N3O/c24-17-8-4-7-16(12-17)23-20-18-11-15(14-5-2-1-3-6-14)9-10-19(18)21-13-22-20/h1-2,4-13,24H,(H,21,22,23). The van der Waals surface area contributed by atoms with Gasteiger partial charge in [0.25, 0.3) is 0 Å². The molecule has 4 rings (SSSR count). The highest BCUT2D eigenvalue weighted by molar-refractivity contribution is 5.93. The van der Waals surface area contributed by atoms with Crippen LogP contribution < -0.4 is 5.32 Å². The average Bonchev–Trinajstić information content (AvgIpc) is 2.62. The first kappa shape index (κ1) is 14.2. The van der Waals surface area contributed by atoms with Crippen molar-refractivity contribution in [3.8, 4) is 16.9 Å². The fraction of sp³-hybridized carbons (Fsp3) is 0. The smallest absolute Gasteiger partial charge is 0.141 e. The van der Waals surface area contributed by atoms with Crippen LogP contribution >= 0.6 is 0 Å². The van der Waals surface area contributed by atoms with Gasteiger partial charge in [-0.15, -0.1) is 0 Å². The van der Waals surface area contributed by atoms with Crippen LogP contribution in [0.3, 0.4) is 0 Å². The molecule has 0 atom stereocenters. The second-order valence-electron chi connectivity index (χ2n) is 5.42. The number of phenolic OH excluding ortho intramolecular Hbond substituents is 1.